The van der Waals surface area contributed by atoms with Crippen LogP contribution in [-0.4, -0.2) is 44.0 Å². The molecule has 0 aliphatic carbocycles. The van der Waals surface area contributed by atoms with E-state index in [4.69, 9.17) is 13.9 Å². The van der Waals surface area contributed by atoms with Crippen LogP contribution in [0.5, 0.6) is 11.5 Å². The molecule has 0 bridgehead atoms. The second-order valence-electron chi connectivity index (χ2n) is 7.49. The number of benzene rings is 2. The average Bonchev–Trinajstić information content (AvgIpc) is 3.31. The Kier molecular flexibility index (Phi) is 6.48. The summed E-state index contributed by atoms with van der Waals surface area (Å²) < 4.78 is 16.6. The van der Waals surface area contributed by atoms with Crippen LogP contribution in [0.25, 0.3) is 17.0 Å². The molecule has 31 heavy (non-hydrogen) atoms. The van der Waals surface area contributed by atoms with E-state index in [1.54, 1.807) is 43.5 Å². The first-order chi connectivity index (χ1) is 15.1. The smallest absolute Gasteiger partial charge is 0.347 e. The summed E-state index contributed by atoms with van der Waals surface area (Å²) in [5, 5.41) is 0.705. The van der Waals surface area contributed by atoms with Crippen molar-refractivity contribution < 1.29 is 18.7 Å². The molecule has 1 saturated heterocycles. The average molecular weight is 419 g/mol. The minimum absolute atomic E-state index is 0.00350. The topological polar surface area (TPSA) is 69.0 Å². The van der Waals surface area contributed by atoms with Crippen LogP contribution < -0.4 is 15.1 Å². The van der Waals surface area contributed by atoms with E-state index in [1.165, 1.54) is 18.9 Å². The van der Waals surface area contributed by atoms with E-state index in [0.29, 0.717) is 29.1 Å². The second-order valence-corrected chi connectivity index (χ2v) is 7.49. The molecule has 0 amide bonds. The van der Waals surface area contributed by atoms with Crippen molar-refractivity contribution in [2.45, 2.75) is 12.8 Å². The molecule has 0 atom stereocenters. The molecule has 1 aliphatic rings. The Morgan fingerprint density at radius 2 is 1.90 bits per heavy atom. The van der Waals surface area contributed by atoms with Crippen molar-refractivity contribution in [2.75, 3.05) is 33.4 Å². The SMILES string of the molecule is COc1cc(/C=C/C(=O)c2cc3ccccc3oc2=O)ccc1OCCN1CCCC1. The first-order valence-corrected chi connectivity index (χ1v) is 10.4. The Labute approximate surface area is 180 Å². The number of ether oxygens (including phenoxy) is 2. The van der Waals surface area contributed by atoms with Crippen molar-refractivity contribution in [3.63, 3.8) is 0 Å². The number of nitrogens with zero attached hydrogens (tertiary/aromatic N) is 1. The zero-order valence-corrected chi connectivity index (χ0v) is 17.5. The number of rotatable bonds is 8. The number of likely N-dealkylation sites (tertiary alicyclic amines) is 1. The van der Waals surface area contributed by atoms with Gasteiger partial charge in [-0.3, -0.25) is 9.69 Å². The molecular weight excluding hydrogens is 394 g/mol. The summed E-state index contributed by atoms with van der Waals surface area (Å²) in [6, 6.07) is 14.1. The van der Waals surface area contributed by atoms with Crippen molar-refractivity contribution in [3.05, 3.63) is 76.2 Å². The lowest BCUT2D eigenvalue weighted by Crippen LogP contribution is -2.25. The number of carbonyl (C=O) groups is 1. The summed E-state index contributed by atoms with van der Waals surface area (Å²) >= 11 is 0. The number of fused-ring (bicyclic) bond motifs is 1. The number of carbonyl (C=O) groups excluding carboxylic acids is 1. The maximum atomic E-state index is 12.6. The third-order valence-corrected chi connectivity index (χ3v) is 5.39. The Balaban J connectivity index is 1.45. The normalized spacial score (nSPS) is 14.4. The standard InChI is InChI=1S/C25H25NO5/c1-29-24-16-18(9-11-23(24)30-15-14-26-12-4-5-13-26)8-10-21(27)20-17-19-6-2-3-7-22(19)31-25(20)28/h2-3,6-11,16-17H,4-5,12-15H2,1H3/b10-8+. The molecule has 0 radical (unpaired) electrons. The van der Waals surface area contributed by atoms with Gasteiger partial charge in [-0.1, -0.05) is 30.3 Å². The number of allylic oxidation sites excluding steroid dienone is 1. The van der Waals surface area contributed by atoms with E-state index in [-0.39, 0.29) is 5.56 Å². The number of hydrogen-bond acceptors (Lipinski definition) is 6. The molecule has 1 aromatic heterocycles. The molecule has 0 unspecified atom stereocenters. The van der Waals surface area contributed by atoms with E-state index in [1.807, 2.05) is 18.2 Å². The maximum absolute atomic E-state index is 12.6. The quantitative estimate of drug-likeness (QED) is 0.310. The van der Waals surface area contributed by atoms with Gasteiger partial charge in [-0.05, 0) is 61.8 Å². The zero-order chi connectivity index (χ0) is 21.6. The minimum atomic E-state index is -0.646. The van der Waals surface area contributed by atoms with Crippen LogP contribution in [-0.2, 0) is 0 Å². The van der Waals surface area contributed by atoms with E-state index in [0.717, 1.165) is 25.2 Å². The van der Waals surface area contributed by atoms with Crippen molar-refractivity contribution >= 4 is 22.8 Å². The first-order valence-electron chi connectivity index (χ1n) is 10.4. The first kappa shape index (κ1) is 20.9. The van der Waals surface area contributed by atoms with Gasteiger partial charge in [0.1, 0.15) is 17.8 Å². The molecule has 6 nitrogen and oxygen atoms in total. The van der Waals surface area contributed by atoms with Gasteiger partial charge >= 0.3 is 5.63 Å². The molecule has 4 rings (SSSR count). The molecule has 1 aliphatic heterocycles. The highest BCUT2D eigenvalue weighted by Crippen LogP contribution is 2.28. The molecule has 6 heteroatoms. The van der Waals surface area contributed by atoms with E-state index >= 15 is 0 Å². The van der Waals surface area contributed by atoms with Gasteiger partial charge in [-0.15, -0.1) is 0 Å². The summed E-state index contributed by atoms with van der Waals surface area (Å²) in [5.74, 6) is 0.853. The Hall–Kier alpha value is -3.38. The molecule has 3 aromatic rings. The number of ketones is 1. The summed E-state index contributed by atoms with van der Waals surface area (Å²) in [5.41, 5.74) is 0.580. The molecule has 2 aromatic carbocycles. The van der Waals surface area contributed by atoms with Crippen molar-refractivity contribution in [2.24, 2.45) is 0 Å². The third kappa shape index (κ3) is 5.03. The fourth-order valence-electron chi connectivity index (χ4n) is 3.69. The molecule has 0 spiro atoms. The van der Waals surface area contributed by atoms with Crippen LogP contribution in [0.3, 0.4) is 0 Å². The summed E-state index contributed by atoms with van der Waals surface area (Å²) in [4.78, 5) is 27.1. The van der Waals surface area contributed by atoms with Gasteiger partial charge in [0, 0.05) is 11.9 Å². The van der Waals surface area contributed by atoms with Crippen LogP contribution in [0.15, 0.2) is 63.8 Å². The van der Waals surface area contributed by atoms with Gasteiger partial charge in [0.15, 0.2) is 17.3 Å². The van der Waals surface area contributed by atoms with Gasteiger partial charge in [-0.25, -0.2) is 4.79 Å². The highest BCUT2D eigenvalue weighted by molar-refractivity contribution is 6.07. The predicted molar refractivity (Wildman–Crippen MR) is 120 cm³/mol. The predicted octanol–water partition coefficient (Wildman–Crippen LogP) is 4.17. The van der Waals surface area contributed by atoms with Gasteiger partial charge in [-0.2, -0.15) is 0 Å². The highest BCUT2D eigenvalue weighted by Gasteiger charge is 2.13. The zero-order valence-electron chi connectivity index (χ0n) is 17.5. The van der Waals surface area contributed by atoms with Crippen LogP contribution in [0.4, 0.5) is 0 Å². The Morgan fingerprint density at radius 1 is 1.10 bits per heavy atom. The van der Waals surface area contributed by atoms with E-state index in [9.17, 15) is 9.59 Å². The highest BCUT2D eigenvalue weighted by atomic mass is 16.5. The number of para-hydroxylation sites is 1. The lowest BCUT2D eigenvalue weighted by atomic mass is 10.1. The Bertz CT molecular complexity index is 1160. The van der Waals surface area contributed by atoms with Gasteiger partial charge < -0.3 is 13.9 Å². The number of methoxy groups -OCH3 is 1. The monoisotopic (exact) mass is 419 g/mol. The maximum Gasteiger partial charge on any atom is 0.347 e. The molecule has 0 N–H and O–H groups in total. The second kappa shape index (κ2) is 9.62. The van der Waals surface area contributed by atoms with Crippen molar-refractivity contribution in [3.8, 4) is 11.5 Å². The molecular formula is C25H25NO5. The van der Waals surface area contributed by atoms with Gasteiger partial charge in [0.25, 0.3) is 0 Å². The largest absolute Gasteiger partial charge is 0.493 e. The van der Waals surface area contributed by atoms with E-state index < -0.39 is 11.4 Å². The number of hydrogen-bond donors (Lipinski definition) is 0. The fraction of sp³-hybridized carbons (Fsp3) is 0.280. The molecule has 1 fully saturated rings. The van der Waals surface area contributed by atoms with Crippen LogP contribution in [0, 0.1) is 0 Å². The van der Waals surface area contributed by atoms with Gasteiger partial charge in [0.05, 0.1) is 7.11 Å². The van der Waals surface area contributed by atoms with Crippen molar-refractivity contribution in [1.82, 2.24) is 4.90 Å². The molecule has 0 saturated carbocycles. The van der Waals surface area contributed by atoms with Crippen LogP contribution in [0.2, 0.25) is 0 Å². The van der Waals surface area contributed by atoms with E-state index in [2.05, 4.69) is 4.90 Å². The van der Waals surface area contributed by atoms with Crippen LogP contribution >= 0.6 is 0 Å². The molecule has 2 heterocycles. The van der Waals surface area contributed by atoms with Crippen LogP contribution in [0.1, 0.15) is 28.8 Å². The minimum Gasteiger partial charge on any atom is -0.493 e. The summed E-state index contributed by atoms with van der Waals surface area (Å²) in [6.07, 6.45) is 5.52. The lowest BCUT2D eigenvalue weighted by Gasteiger charge is -2.16. The lowest BCUT2D eigenvalue weighted by molar-refractivity contribution is 0.104. The summed E-state index contributed by atoms with van der Waals surface area (Å²) in [6.45, 7) is 3.76. The fourth-order valence-corrected chi connectivity index (χ4v) is 3.69. The summed E-state index contributed by atoms with van der Waals surface area (Å²) in [7, 11) is 1.58. The van der Waals surface area contributed by atoms with Gasteiger partial charge in [0.2, 0.25) is 0 Å². The Morgan fingerprint density at radius 3 is 2.71 bits per heavy atom. The molecule has 160 valence electrons. The third-order valence-electron chi connectivity index (χ3n) is 5.39. The van der Waals surface area contributed by atoms with Crippen molar-refractivity contribution in [1.29, 1.82) is 0 Å².